The number of anilines is 1. The fourth-order valence-corrected chi connectivity index (χ4v) is 4.73. The van der Waals surface area contributed by atoms with E-state index in [1.165, 1.54) is 11.3 Å². The fourth-order valence-electron chi connectivity index (χ4n) is 2.58. The fraction of sp³-hybridized carbons (Fsp3) is 0.176. The number of nitrogens with zero attached hydrogens (tertiary/aromatic N) is 2. The van der Waals surface area contributed by atoms with Crippen molar-refractivity contribution in [2.45, 2.75) is 23.0 Å². The number of aromatic nitrogens is 2. The lowest BCUT2D eigenvalue weighted by Gasteiger charge is -2.28. The average molecular weight is 436 g/mol. The molecule has 0 aliphatic carbocycles. The average Bonchev–Trinajstić information content (AvgIpc) is 3.05. The van der Waals surface area contributed by atoms with E-state index in [4.69, 9.17) is 15.2 Å². The molecule has 2 N–H and O–H groups in total. The molecule has 0 amide bonds. The van der Waals surface area contributed by atoms with Crippen LogP contribution >= 0.6 is 39.0 Å². The van der Waals surface area contributed by atoms with Gasteiger partial charge in [0.05, 0.1) is 6.61 Å². The number of nitrogens with two attached hydrogens (primary N) is 1. The van der Waals surface area contributed by atoms with Crippen LogP contribution in [-0.4, -0.2) is 10.2 Å². The largest absolute Gasteiger partial charge is 0.460 e. The summed E-state index contributed by atoms with van der Waals surface area (Å²) in [5, 5.41) is 8.39. The van der Waals surface area contributed by atoms with Gasteiger partial charge in [0, 0.05) is 26.9 Å². The van der Waals surface area contributed by atoms with Crippen LogP contribution in [-0.2, 0) is 17.1 Å². The number of rotatable bonds is 4. The number of hydrogen-bond acceptors (Lipinski definition) is 7. The Morgan fingerprint density at radius 3 is 2.84 bits per heavy atom. The summed E-state index contributed by atoms with van der Waals surface area (Å²) in [7, 11) is 0. The molecule has 1 aromatic heterocycles. The van der Waals surface area contributed by atoms with Gasteiger partial charge in [0.25, 0.3) is 0 Å². The zero-order valence-electron chi connectivity index (χ0n) is 13.0. The van der Waals surface area contributed by atoms with Crippen LogP contribution in [0.1, 0.15) is 23.0 Å². The molecule has 0 bridgehead atoms. The molecule has 2 aromatic carbocycles. The summed E-state index contributed by atoms with van der Waals surface area (Å²) in [6.45, 7) is 0.512. The Kier molecular flexibility index (Phi) is 4.93. The third-order valence-electron chi connectivity index (χ3n) is 3.67. The number of halogens is 1. The molecule has 1 aliphatic heterocycles. The Morgan fingerprint density at radius 1 is 1.24 bits per heavy atom. The lowest BCUT2D eigenvalue weighted by molar-refractivity contribution is -0.111. The van der Waals surface area contributed by atoms with Gasteiger partial charge in [-0.3, -0.25) is 0 Å². The lowest BCUT2D eigenvalue weighted by atomic mass is 10.1. The molecular formula is C17H14BrN3O2S2. The van der Waals surface area contributed by atoms with Gasteiger partial charge in [-0.15, -0.1) is 10.2 Å². The molecule has 128 valence electrons. The maximum absolute atomic E-state index is 6.18. The third-order valence-corrected chi connectivity index (χ3v) is 6.06. The van der Waals surface area contributed by atoms with Gasteiger partial charge in [0.15, 0.2) is 4.34 Å². The van der Waals surface area contributed by atoms with E-state index in [-0.39, 0.29) is 0 Å². The molecule has 1 aliphatic rings. The van der Waals surface area contributed by atoms with E-state index in [9.17, 15) is 0 Å². The molecule has 0 saturated heterocycles. The molecule has 2 heterocycles. The van der Waals surface area contributed by atoms with Crippen molar-refractivity contribution >= 4 is 44.2 Å². The molecule has 25 heavy (non-hydrogen) atoms. The van der Waals surface area contributed by atoms with Gasteiger partial charge in [0.2, 0.25) is 11.4 Å². The summed E-state index contributed by atoms with van der Waals surface area (Å²) in [5.41, 5.74) is 8.78. The minimum Gasteiger partial charge on any atom is -0.460 e. The SMILES string of the molecule is Nc1nnc(SCc2cc(Br)cc3c2OC(c2ccccc2)OC3)s1. The normalized spacial score (nSPS) is 16.3. The predicted octanol–water partition coefficient (Wildman–Crippen LogP) is 4.78. The van der Waals surface area contributed by atoms with Crippen molar-refractivity contribution in [3.8, 4) is 5.75 Å². The molecule has 5 nitrogen and oxygen atoms in total. The number of hydrogen-bond donors (Lipinski definition) is 1. The smallest absolute Gasteiger partial charge is 0.227 e. The van der Waals surface area contributed by atoms with Crippen molar-refractivity contribution in [3.63, 3.8) is 0 Å². The first-order valence-corrected chi connectivity index (χ1v) is 10.1. The van der Waals surface area contributed by atoms with E-state index < -0.39 is 6.29 Å². The number of nitrogen functional groups attached to an aromatic ring is 1. The van der Waals surface area contributed by atoms with Crippen LogP contribution in [0.25, 0.3) is 0 Å². The van der Waals surface area contributed by atoms with Crippen molar-refractivity contribution in [1.29, 1.82) is 0 Å². The molecular weight excluding hydrogens is 422 g/mol. The zero-order valence-corrected chi connectivity index (χ0v) is 16.2. The number of ether oxygens (including phenoxy) is 2. The summed E-state index contributed by atoms with van der Waals surface area (Å²) >= 11 is 6.55. The molecule has 3 aromatic rings. The van der Waals surface area contributed by atoms with Crippen LogP contribution in [0.15, 0.2) is 51.3 Å². The highest BCUT2D eigenvalue weighted by Gasteiger charge is 2.25. The Bertz CT molecular complexity index is 889. The minimum atomic E-state index is -0.393. The van der Waals surface area contributed by atoms with Crippen molar-refractivity contribution in [3.05, 3.63) is 63.6 Å². The number of fused-ring (bicyclic) bond motifs is 1. The van der Waals surface area contributed by atoms with E-state index in [0.717, 1.165) is 37.0 Å². The highest BCUT2D eigenvalue weighted by atomic mass is 79.9. The van der Waals surface area contributed by atoms with E-state index in [1.54, 1.807) is 11.8 Å². The Labute approximate surface area is 161 Å². The zero-order chi connectivity index (χ0) is 17.2. The van der Waals surface area contributed by atoms with Crippen molar-refractivity contribution in [1.82, 2.24) is 10.2 Å². The van der Waals surface area contributed by atoms with Crippen LogP contribution in [0.5, 0.6) is 5.75 Å². The van der Waals surface area contributed by atoms with Gasteiger partial charge in [-0.2, -0.15) is 0 Å². The number of thioether (sulfide) groups is 1. The van der Waals surface area contributed by atoms with Crippen LogP contribution in [0.3, 0.4) is 0 Å². The van der Waals surface area contributed by atoms with E-state index in [0.29, 0.717) is 11.7 Å². The van der Waals surface area contributed by atoms with Gasteiger partial charge in [0.1, 0.15) is 5.75 Å². The summed E-state index contributed by atoms with van der Waals surface area (Å²) in [5.74, 6) is 1.60. The quantitative estimate of drug-likeness (QED) is 0.594. The molecule has 4 rings (SSSR count). The van der Waals surface area contributed by atoms with Crippen LogP contribution in [0, 0.1) is 0 Å². The summed E-state index contributed by atoms with van der Waals surface area (Å²) in [6, 6.07) is 14.1. The predicted molar refractivity (Wildman–Crippen MR) is 103 cm³/mol. The lowest BCUT2D eigenvalue weighted by Crippen LogP contribution is -2.19. The first kappa shape index (κ1) is 16.8. The second-order valence-corrected chi connectivity index (χ2v) is 8.57. The maximum Gasteiger partial charge on any atom is 0.227 e. The van der Waals surface area contributed by atoms with Crippen molar-refractivity contribution in [2.75, 3.05) is 5.73 Å². The molecule has 0 radical (unpaired) electrons. The maximum atomic E-state index is 6.18. The summed E-state index contributed by atoms with van der Waals surface area (Å²) in [6.07, 6.45) is -0.393. The van der Waals surface area contributed by atoms with Gasteiger partial charge >= 0.3 is 0 Å². The van der Waals surface area contributed by atoms with Crippen LogP contribution < -0.4 is 10.5 Å². The monoisotopic (exact) mass is 435 g/mol. The summed E-state index contributed by atoms with van der Waals surface area (Å²) < 4.78 is 13.9. The standard InChI is InChI=1S/C17H14BrN3O2S2/c18-13-6-11-8-22-15(10-4-2-1-3-5-10)23-14(11)12(7-13)9-24-17-21-20-16(19)25-17/h1-7,15H,8-9H2,(H2,19,20). The molecule has 8 heteroatoms. The molecule has 1 atom stereocenters. The highest BCUT2D eigenvalue weighted by Crippen LogP contribution is 2.40. The van der Waals surface area contributed by atoms with Gasteiger partial charge in [-0.05, 0) is 12.1 Å². The van der Waals surface area contributed by atoms with Gasteiger partial charge < -0.3 is 15.2 Å². The molecule has 1 unspecified atom stereocenters. The van der Waals surface area contributed by atoms with Crippen LogP contribution in [0.2, 0.25) is 0 Å². The topological polar surface area (TPSA) is 70.3 Å². The van der Waals surface area contributed by atoms with Crippen molar-refractivity contribution < 1.29 is 9.47 Å². The van der Waals surface area contributed by atoms with E-state index >= 15 is 0 Å². The Morgan fingerprint density at radius 2 is 2.08 bits per heavy atom. The molecule has 0 fully saturated rings. The summed E-state index contributed by atoms with van der Waals surface area (Å²) in [4.78, 5) is 0. The Hall–Kier alpha value is -1.61. The minimum absolute atomic E-state index is 0.393. The molecule has 0 spiro atoms. The third kappa shape index (κ3) is 3.82. The number of benzene rings is 2. The highest BCUT2D eigenvalue weighted by molar-refractivity contribution is 9.10. The second-order valence-electron chi connectivity index (χ2n) is 5.42. The first-order valence-electron chi connectivity index (χ1n) is 7.55. The first-order chi connectivity index (χ1) is 12.2. The van der Waals surface area contributed by atoms with Gasteiger partial charge in [-0.25, -0.2) is 0 Å². The Balaban J connectivity index is 1.59. The second kappa shape index (κ2) is 7.33. The van der Waals surface area contributed by atoms with E-state index in [1.807, 2.05) is 36.4 Å². The van der Waals surface area contributed by atoms with Crippen LogP contribution in [0.4, 0.5) is 5.13 Å². The van der Waals surface area contributed by atoms with E-state index in [2.05, 4.69) is 32.2 Å². The van der Waals surface area contributed by atoms with Crippen molar-refractivity contribution in [2.24, 2.45) is 0 Å². The van der Waals surface area contributed by atoms with Gasteiger partial charge in [-0.1, -0.05) is 69.4 Å². The molecule has 0 saturated carbocycles.